The van der Waals surface area contributed by atoms with E-state index in [4.69, 9.17) is 0 Å². The van der Waals surface area contributed by atoms with Crippen LogP contribution in [0.2, 0.25) is 0 Å². The number of nitrogens with one attached hydrogen (secondary N) is 2. The van der Waals surface area contributed by atoms with Gasteiger partial charge in [0.2, 0.25) is 0 Å². The summed E-state index contributed by atoms with van der Waals surface area (Å²) in [6.45, 7) is 4.00. The van der Waals surface area contributed by atoms with Gasteiger partial charge in [0.1, 0.15) is 0 Å². The van der Waals surface area contributed by atoms with Crippen LogP contribution in [-0.2, 0) is 0 Å². The normalized spacial score (nSPS) is 22.6. The molecular weight excluding hydrogens is 245 g/mol. The van der Waals surface area contributed by atoms with Crippen LogP contribution in [-0.4, -0.2) is 55.8 Å². The standard InChI is InChI=1S/C11H21F3N4/c1-8(2)16-10(15-3)17-9-4-5-18(6-9)7-11(12,13)14/h8-9H,4-7H2,1-3H3,(H2,15,16,17). The fourth-order valence-corrected chi connectivity index (χ4v) is 1.99. The molecule has 0 radical (unpaired) electrons. The first kappa shape index (κ1) is 15.1. The summed E-state index contributed by atoms with van der Waals surface area (Å²) in [5, 5.41) is 6.26. The molecule has 1 atom stereocenters. The van der Waals surface area contributed by atoms with Gasteiger partial charge in [-0.2, -0.15) is 13.2 Å². The van der Waals surface area contributed by atoms with Crippen molar-refractivity contribution in [3.63, 3.8) is 0 Å². The predicted molar refractivity (Wildman–Crippen MR) is 65.7 cm³/mol. The Bertz CT molecular complexity index is 289. The zero-order valence-electron chi connectivity index (χ0n) is 11.0. The molecule has 18 heavy (non-hydrogen) atoms. The molecule has 1 heterocycles. The van der Waals surface area contributed by atoms with E-state index >= 15 is 0 Å². The number of hydrogen-bond donors (Lipinski definition) is 2. The highest BCUT2D eigenvalue weighted by atomic mass is 19.4. The Balaban J connectivity index is 2.38. The number of nitrogens with zero attached hydrogens (tertiary/aromatic N) is 2. The maximum atomic E-state index is 12.2. The van der Waals surface area contributed by atoms with Gasteiger partial charge < -0.3 is 10.6 Å². The quantitative estimate of drug-likeness (QED) is 0.595. The van der Waals surface area contributed by atoms with E-state index in [-0.39, 0.29) is 12.1 Å². The maximum Gasteiger partial charge on any atom is 0.401 e. The van der Waals surface area contributed by atoms with Crippen molar-refractivity contribution in [2.75, 3.05) is 26.7 Å². The van der Waals surface area contributed by atoms with Gasteiger partial charge in [0, 0.05) is 32.2 Å². The third-order valence-corrected chi connectivity index (χ3v) is 2.67. The Morgan fingerprint density at radius 1 is 1.44 bits per heavy atom. The van der Waals surface area contributed by atoms with Crippen molar-refractivity contribution in [3.05, 3.63) is 0 Å². The van der Waals surface area contributed by atoms with Crippen LogP contribution in [0.4, 0.5) is 13.2 Å². The van der Waals surface area contributed by atoms with Crippen LogP contribution in [0.3, 0.4) is 0 Å². The van der Waals surface area contributed by atoms with Gasteiger partial charge in [-0.1, -0.05) is 0 Å². The molecule has 4 nitrogen and oxygen atoms in total. The minimum atomic E-state index is -4.12. The van der Waals surface area contributed by atoms with Gasteiger partial charge >= 0.3 is 6.18 Å². The van der Waals surface area contributed by atoms with Crippen molar-refractivity contribution in [1.29, 1.82) is 0 Å². The second-order valence-corrected chi connectivity index (χ2v) is 4.85. The molecule has 7 heteroatoms. The van der Waals surface area contributed by atoms with Crippen LogP contribution < -0.4 is 10.6 Å². The first-order valence-corrected chi connectivity index (χ1v) is 6.09. The number of aliphatic imine (C=N–C) groups is 1. The first-order valence-electron chi connectivity index (χ1n) is 6.09. The van der Waals surface area contributed by atoms with E-state index < -0.39 is 12.7 Å². The molecule has 2 N–H and O–H groups in total. The second-order valence-electron chi connectivity index (χ2n) is 4.85. The van der Waals surface area contributed by atoms with Crippen LogP contribution in [0.25, 0.3) is 0 Å². The summed E-state index contributed by atoms with van der Waals surface area (Å²) in [7, 11) is 1.65. The van der Waals surface area contributed by atoms with E-state index in [1.54, 1.807) is 7.05 Å². The number of rotatable bonds is 3. The van der Waals surface area contributed by atoms with Crippen LogP contribution in [0.15, 0.2) is 4.99 Å². The van der Waals surface area contributed by atoms with E-state index in [9.17, 15) is 13.2 Å². The van der Waals surface area contributed by atoms with Gasteiger partial charge in [-0.05, 0) is 20.3 Å². The van der Waals surface area contributed by atoms with Crippen LogP contribution in [0, 0.1) is 0 Å². The third kappa shape index (κ3) is 5.57. The smallest absolute Gasteiger partial charge is 0.354 e. The molecule has 0 aromatic rings. The van der Waals surface area contributed by atoms with Crippen molar-refractivity contribution in [2.45, 2.75) is 38.5 Å². The van der Waals surface area contributed by atoms with E-state index in [1.807, 2.05) is 13.8 Å². The molecule has 1 unspecified atom stereocenters. The molecule has 0 aromatic carbocycles. The van der Waals surface area contributed by atoms with Gasteiger partial charge in [-0.15, -0.1) is 0 Å². The lowest BCUT2D eigenvalue weighted by molar-refractivity contribution is -0.143. The lowest BCUT2D eigenvalue weighted by Crippen LogP contribution is -2.47. The Morgan fingerprint density at radius 3 is 2.61 bits per heavy atom. The summed E-state index contributed by atoms with van der Waals surface area (Å²) < 4.78 is 36.7. The fourth-order valence-electron chi connectivity index (χ4n) is 1.99. The van der Waals surface area contributed by atoms with Crippen molar-refractivity contribution < 1.29 is 13.2 Å². The fraction of sp³-hybridized carbons (Fsp3) is 0.909. The maximum absolute atomic E-state index is 12.2. The molecule has 0 spiro atoms. The van der Waals surface area contributed by atoms with Crippen molar-refractivity contribution in [1.82, 2.24) is 15.5 Å². The lowest BCUT2D eigenvalue weighted by atomic mass is 10.3. The molecule has 0 aliphatic carbocycles. The van der Waals surface area contributed by atoms with Gasteiger partial charge in [0.25, 0.3) is 0 Å². The number of hydrogen-bond acceptors (Lipinski definition) is 2. The second kappa shape index (κ2) is 6.26. The van der Waals surface area contributed by atoms with E-state index in [1.165, 1.54) is 4.90 Å². The molecule has 1 rings (SSSR count). The molecule has 1 aliphatic heterocycles. The molecule has 106 valence electrons. The highest BCUT2D eigenvalue weighted by Gasteiger charge is 2.34. The summed E-state index contributed by atoms with van der Waals surface area (Å²) >= 11 is 0. The van der Waals surface area contributed by atoms with Crippen LogP contribution in [0.1, 0.15) is 20.3 Å². The zero-order chi connectivity index (χ0) is 13.8. The summed E-state index contributed by atoms with van der Waals surface area (Å²) in [6.07, 6.45) is -3.42. The van der Waals surface area contributed by atoms with Crippen LogP contribution >= 0.6 is 0 Å². The molecule has 1 fully saturated rings. The molecular formula is C11H21F3N4. The Hall–Kier alpha value is -0.980. The predicted octanol–water partition coefficient (Wildman–Crippen LogP) is 1.20. The largest absolute Gasteiger partial charge is 0.401 e. The Kier molecular flexibility index (Phi) is 5.25. The number of likely N-dealkylation sites (tertiary alicyclic amines) is 1. The SMILES string of the molecule is CN=C(NC(C)C)NC1CCN(CC(F)(F)F)C1. The van der Waals surface area contributed by atoms with Crippen molar-refractivity contribution >= 4 is 5.96 Å². The molecule has 0 aromatic heterocycles. The molecule has 0 saturated carbocycles. The third-order valence-electron chi connectivity index (χ3n) is 2.67. The minimum absolute atomic E-state index is 0.0253. The Morgan fingerprint density at radius 2 is 2.11 bits per heavy atom. The van der Waals surface area contributed by atoms with E-state index in [0.29, 0.717) is 25.5 Å². The lowest BCUT2D eigenvalue weighted by Gasteiger charge is -2.20. The summed E-state index contributed by atoms with van der Waals surface area (Å²) in [6, 6.07) is 0.265. The average Bonchev–Trinajstić information content (AvgIpc) is 2.61. The van der Waals surface area contributed by atoms with Crippen molar-refractivity contribution in [3.8, 4) is 0 Å². The van der Waals surface area contributed by atoms with E-state index in [0.717, 1.165) is 0 Å². The average molecular weight is 266 g/mol. The molecule has 0 bridgehead atoms. The van der Waals surface area contributed by atoms with Gasteiger partial charge in [0.15, 0.2) is 5.96 Å². The molecule has 0 amide bonds. The van der Waals surface area contributed by atoms with Crippen LogP contribution in [0.5, 0.6) is 0 Å². The molecule has 1 saturated heterocycles. The highest BCUT2D eigenvalue weighted by molar-refractivity contribution is 5.80. The minimum Gasteiger partial charge on any atom is -0.354 e. The van der Waals surface area contributed by atoms with E-state index in [2.05, 4.69) is 15.6 Å². The summed E-state index contributed by atoms with van der Waals surface area (Å²) in [5.74, 6) is 0.642. The van der Waals surface area contributed by atoms with Crippen molar-refractivity contribution in [2.24, 2.45) is 4.99 Å². The highest BCUT2D eigenvalue weighted by Crippen LogP contribution is 2.19. The zero-order valence-corrected chi connectivity index (χ0v) is 11.0. The number of alkyl halides is 3. The molecule has 1 aliphatic rings. The van der Waals surface area contributed by atoms with Gasteiger partial charge in [-0.3, -0.25) is 9.89 Å². The monoisotopic (exact) mass is 266 g/mol. The summed E-state index contributed by atoms with van der Waals surface area (Å²) in [4.78, 5) is 5.46. The number of guanidine groups is 1. The van der Waals surface area contributed by atoms with Gasteiger partial charge in [-0.25, -0.2) is 0 Å². The number of halogens is 3. The summed E-state index contributed by atoms with van der Waals surface area (Å²) in [5.41, 5.74) is 0. The first-order chi connectivity index (χ1) is 8.30. The van der Waals surface area contributed by atoms with Gasteiger partial charge in [0.05, 0.1) is 6.54 Å². The Labute approximate surface area is 106 Å². The topological polar surface area (TPSA) is 39.7 Å².